The number of benzene rings is 2. The maximum atomic E-state index is 6.07. The predicted molar refractivity (Wildman–Crippen MR) is 116 cm³/mol. The van der Waals surface area contributed by atoms with Crippen LogP contribution in [0.2, 0.25) is 0 Å². The second-order valence-corrected chi connectivity index (χ2v) is 6.87. The molecule has 2 aromatic carbocycles. The second kappa shape index (κ2) is 9.82. The number of hydrogen-bond donors (Lipinski definition) is 1. The summed E-state index contributed by atoms with van der Waals surface area (Å²) in [5.74, 6) is 3.17. The molecule has 0 unspecified atom stereocenters. The SMILES string of the molecule is COc1cccc(CNc2ccccn2)c1OCCOc1c(C)ccc(C)c1C. The highest BCUT2D eigenvalue weighted by Crippen LogP contribution is 2.32. The van der Waals surface area contributed by atoms with Gasteiger partial charge in [0, 0.05) is 18.3 Å². The van der Waals surface area contributed by atoms with Gasteiger partial charge in [-0.1, -0.05) is 30.3 Å². The van der Waals surface area contributed by atoms with Gasteiger partial charge in [0.2, 0.25) is 0 Å². The molecule has 0 bridgehead atoms. The molecule has 0 saturated carbocycles. The Kier molecular flexibility index (Phi) is 6.95. The molecule has 0 radical (unpaired) electrons. The third-order valence-electron chi connectivity index (χ3n) is 4.85. The molecular formula is C24H28N2O3. The summed E-state index contributed by atoms with van der Waals surface area (Å²) in [5, 5.41) is 3.31. The average Bonchev–Trinajstić information content (AvgIpc) is 2.75. The second-order valence-electron chi connectivity index (χ2n) is 6.87. The van der Waals surface area contributed by atoms with Crippen LogP contribution in [0, 0.1) is 20.8 Å². The Bertz CT molecular complexity index is 942. The Morgan fingerprint density at radius 1 is 0.828 bits per heavy atom. The number of nitrogens with zero attached hydrogens (tertiary/aromatic N) is 1. The molecule has 0 amide bonds. The van der Waals surface area contributed by atoms with Crippen molar-refractivity contribution < 1.29 is 14.2 Å². The molecular weight excluding hydrogens is 364 g/mol. The number of nitrogens with one attached hydrogen (secondary N) is 1. The molecule has 1 heterocycles. The lowest BCUT2D eigenvalue weighted by Crippen LogP contribution is -2.13. The van der Waals surface area contributed by atoms with E-state index in [9.17, 15) is 0 Å². The van der Waals surface area contributed by atoms with Gasteiger partial charge in [-0.3, -0.25) is 0 Å². The first-order chi connectivity index (χ1) is 14.1. The van der Waals surface area contributed by atoms with E-state index in [-0.39, 0.29) is 0 Å². The minimum Gasteiger partial charge on any atom is -0.493 e. The monoisotopic (exact) mass is 392 g/mol. The molecule has 29 heavy (non-hydrogen) atoms. The van der Waals surface area contributed by atoms with E-state index in [0.29, 0.717) is 25.5 Å². The van der Waals surface area contributed by atoms with E-state index in [1.165, 1.54) is 11.1 Å². The average molecular weight is 392 g/mol. The van der Waals surface area contributed by atoms with Gasteiger partial charge in [0.15, 0.2) is 11.5 Å². The highest BCUT2D eigenvalue weighted by molar-refractivity contribution is 5.48. The topological polar surface area (TPSA) is 52.6 Å². The summed E-state index contributed by atoms with van der Waals surface area (Å²) in [7, 11) is 1.65. The summed E-state index contributed by atoms with van der Waals surface area (Å²) in [6.07, 6.45) is 1.76. The molecule has 0 fully saturated rings. The number of aryl methyl sites for hydroxylation is 2. The van der Waals surface area contributed by atoms with Crippen molar-refractivity contribution in [3.8, 4) is 17.2 Å². The fourth-order valence-electron chi connectivity index (χ4n) is 3.11. The number of hydrogen-bond acceptors (Lipinski definition) is 5. The van der Waals surface area contributed by atoms with E-state index in [1.54, 1.807) is 13.3 Å². The van der Waals surface area contributed by atoms with Crippen molar-refractivity contribution in [1.29, 1.82) is 0 Å². The standard InChI is InChI=1S/C24H28N2O3/c1-17-11-12-18(2)23(19(17)3)28-14-15-29-24-20(8-7-9-21(24)27-4)16-26-22-10-5-6-13-25-22/h5-13H,14-16H2,1-4H3,(H,25,26). The zero-order chi connectivity index (χ0) is 20.6. The van der Waals surface area contributed by atoms with Crippen LogP contribution in [0.5, 0.6) is 17.2 Å². The Morgan fingerprint density at radius 3 is 2.31 bits per heavy atom. The largest absolute Gasteiger partial charge is 0.493 e. The molecule has 3 aromatic rings. The number of pyridine rings is 1. The summed E-state index contributed by atoms with van der Waals surface area (Å²) >= 11 is 0. The zero-order valence-corrected chi connectivity index (χ0v) is 17.5. The minimum atomic E-state index is 0.420. The Labute approximate surface area is 172 Å². The van der Waals surface area contributed by atoms with Gasteiger partial charge in [-0.15, -0.1) is 0 Å². The molecule has 152 valence electrons. The van der Waals surface area contributed by atoms with E-state index in [4.69, 9.17) is 14.2 Å². The summed E-state index contributed by atoms with van der Waals surface area (Å²) in [4.78, 5) is 4.30. The number of methoxy groups -OCH3 is 1. The minimum absolute atomic E-state index is 0.420. The number of ether oxygens (including phenoxy) is 3. The summed E-state index contributed by atoms with van der Waals surface area (Å²) in [6.45, 7) is 7.69. The van der Waals surface area contributed by atoms with Crippen molar-refractivity contribution in [1.82, 2.24) is 4.98 Å². The number of para-hydroxylation sites is 1. The molecule has 0 aliphatic heterocycles. The first-order valence-electron chi connectivity index (χ1n) is 9.73. The van der Waals surface area contributed by atoms with Gasteiger partial charge in [0.1, 0.15) is 24.8 Å². The van der Waals surface area contributed by atoms with Crippen LogP contribution in [-0.4, -0.2) is 25.3 Å². The molecule has 0 aliphatic carbocycles. The normalized spacial score (nSPS) is 10.5. The smallest absolute Gasteiger partial charge is 0.166 e. The van der Waals surface area contributed by atoms with E-state index in [1.807, 2.05) is 36.4 Å². The summed E-state index contributed by atoms with van der Waals surface area (Å²) in [6, 6.07) is 15.8. The third kappa shape index (κ3) is 5.19. The number of rotatable bonds is 9. The van der Waals surface area contributed by atoms with E-state index in [2.05, 4.69) is 43.2 Å². The van der Waals surface area contributed by atoms with Crippen LogP contribution in [0.25, 0.3) is 0 Å². The fraction of sp³-hybridized carbons (Fsp3) is 0.292. The maximum Gasteiger partial charge on any atom is 0.166 e. The van der Waals surface area contributed by atoms with Crippen LogP contribution < -0.4 is 19.5 Å². The van der Waals surface area contributed by atoms with E-state index < -0.39 is 0 Å². The molecule has 0 atom stereocenters. The first kappa shape index (κ1) is 20.5. The lowest BCUT2D eigenvalue weighted by Gasteiger charge is -2.17. The van der Waals surface area contributed by atoms with Gasteiger partial charge >= 0.3 is 0 Å². The fourth-order valence-corrected chi connectivity index (χ4v) is 3.11. The quantitative estimate of drug-likeness (QED) is 0.514. The molecule has 0 spiro atoms. The Balaban J connectivity index is 1.64. The van der Waals surface area contributed by atoms with Crippen LogP contribution in [0.4, 0.5) is 5.82 Å². The molecule has 0 aliphatic rings. The van der Waals surface area contributed by atoms with Crippen LogP contribution in [-0.2, 0) is 6.54 Å². The highest BCUT2D eigenvalue weighted by atomic mass is 16.5. The maximum absolute atomic E-state index is 6.07. The van der Waals surface area contributed by atoms with Gasteiger partial charge in [0.25, 0.3) is 0 Å². The number of aromatic nitrogens is 1. The van der Waals surface area contributed by atoms with Crippen molar-refractivity contribution >= 4 is 5.82 Å². The first-order valence-corrected chi connectivity index (χ1v) is 9.73. The Hall–Kier alpha value is -3.21. The lowest BCUT2D eigenvalue weighted by molar-refractivity contribution is 0.208. The molecule has 3 rings (SSSR count). The molecule has 1 aromatic heterocycles. The summed E-state index contributed by atoms with van der Waals surface area (Å²) < 4.78 is 17.6. The van der Waals surface area contributed by atoms with E-state index >= 15 is 0 Å². The third-order valence-corrected chi connectivity index (χ3v) is 4.85. The van der Waals surface area contributed by atoms with Crippen molar-refractivity contribution in [2.75, 3.05) is 25.6 Å². The van der Waals surface area contributed by atoms with Gasteiger partial charge in [0.05, 0.1) is 7.11 Å². The van der Waals surface area contributed by atoms with Crippen LogP contribution >= 0.6 is 0 Å². The van der Waals surface area contributed by atoms with Crippen molar-refractivity contribution in [2.45, 2.75) is 27.3 Å². The predicted octanol–water partition coefficient (Wildman–Crippen LogP) is 5.09. The van der Waals surface area contributed by atoms with Crippen molar-refractivity contribution in [3.05, 3.63) is 77.0 Å². The summed E-state index contributed by atoms with van der Waals surface area (Å²) in [5.41, 5.74) is 4.52. The molecule has 5 heteroatoms. The van der Waals surface area contributed by atoms with Gasteiger partial charge in [-0.2, -0.15) is 0 Å². The van der Waals surface area contributed by atoms with Gasteiger partial charge < -0.3 is 19.5 Å². The van der Waals surface area contributed by atoms with E-state index in [0.717, 1.165) is 28.4 Å². The van der Waals surface area contributed by atoms with Crippen LogP contribution in [0.3, 0.4) is 0 Å². The van der Waals surface area contributed by atoms with Crippen molar-refractivity contribution in [2.24, 2.45) is 0 Å². The van der Waals surface area contributed by atoms with Crippen LogP contribution in [0.1, 0.15) is 22.3 Å². The lowest BCUT2D eigenvalue weighted by atomic mass is 10.1. The van der Waals surface area contributed by atoms with Gasteiger partial charge in [-0.05, 0) is 55.7 Å². The van der Waals surface area contributed by atoms with Crippen LogP contribution in [0.15, 0.2) is 54.7 Å². The highest BCUT2D eigenvalue weighted by Gasteiger charge is 2.12. The Morgan fingerprint density at radius 2 is 1.59 bits per heavy atom. The molecule has 0 saturated heterocycles. The molecule has 1 N–H and O–H groups in total. The zero-order valence-electron chi connectivity index (χ0n) is 17.5. The van der Waals surface area contributed by atoms with Crippen molar-refractivity contribution in [3.63, 3.8) is 0 Å². The van der Waals surface area contributed by atoms with Gasteiger partial charge in [-0.25, -0.2) is 4.98 Å². The molecule has 5 nitrogen and oxygen atoms in total. The number of anilines is 1.